The fraction of sp³-hybridized carbons (Fsp3) is 0.438. The van der Waals surface area contributed by atoms with Gasteiger partial charge in [-0.2, -0.15) is 0 Å². The van der Waals surface area contributed by atoms with E-state index in [0.717, 1.165) is 13.0 Å². The maximum absolute atomic E-state index is 10.6. The van der Waals surface area contributed by atoms with E-state index < -0.39 is 5.97 Å². The van der Waals surface area contributed by atoms with Crippen molar-refractivity contribution >= 4 is 16.9 Å². The van der Waals surface area contributed by atoms with Gasteiger partial charge in [-0.05, 0) is 30.4 Å². The van der Waals surface area contributed by atoms with Crippen LogP contribution in [-0.4, -0.2) is 15.6 Å². The predicted molar refractivity (Wildman–Crippen MR) is 77.3 cm³/mol. The third-order valence-electron chi connectivity index (χ3n) is 3.27. The van der Waals surface area contributed by atoms with Crippen molar-refractivity contribution in [2.75, 3.05) is 0 Å². The van der Waals surface area contributed by atoms with Crippen molar-refractivity contribution in [1.29, 1.82) is 0 Å². The number of para-hydroxylation sites is 1. The smallest absolute Gasteiger partial charge is 0.303 e. The number of benzene rings is 1. The van der Waals surface area contributed by atoms with Crippen LogP contribution in [0.25, 0.3) is 10.9 Å². The van der Waals surface area contributed by atoms with Gasteiger partial charge >= 0.3 is 5.97 Å². The summed E-state index contributed by atoms with van der Waals surface area (Å²) in [5.41, 5.74) is 2.51. The van der Waals surface area contributed by atoms with E-state index in [-0.39, 0.29) is 6.42 Å². The van der Waals surface area contributed by atoms with E-state index in [4.69, 9.17) is 5.11 Å². The number of aryl methyl sites for hydroxylation is 1. The van der Waals surface area contributed by atoms with Gasteiger partial charge in [0, 0.05) is 30.1 Å². The van der Waals surface area contributed by atoms with Crippen molar-refractivity contribution in [3.05, 3.63) is 36.0 Å². The highest BCUT2D eigenvalue weighted by Crippen LogP contribution is 2.23. The fourth-order valence-electron chi connectivity index (χ4n) is 2.50. The molecule has 0 atom stereocenters. The summed E-state index contributed by atoms with van der Waals surface area (Å²) in [6, 6.07) is 8.36. The Bertz CT molecular complexity index is 569. The maximum atomic E-state index is 10.6. The van der Waals surface area contributed by atoms with Crippen LogP contribution in [0.15, 0.2) is 30.5 Å². The van der Waals surface area contributed by atoms with Crippen LogP contribution in [0.2, 0.25) is 0 Å². The summed E-state index contributed by atoms with van der Waals surface area (Å²) < 4.78 is 2.29. The Labute approximate surface area is 113 Å². The van der Waals surface area contributed by atoms with Gasteiger partial charge in [-0.15, -0.1) is 0 Å². The number of aliphatic carboxylic acids is 1. The molecule has 0 saturated heterocycles. The van der Waals surface area contributed by atoms with Gasteiger partial charge in [-0.3, -0.25) is 4.79 Å². The molecule has 2 aromatic rings. The second kappa shape index (κ2) is 5.91. The minimum Gasteiger partial charge on any atom is -0.481 e. The molecule has 3 nitrogen and oxygen atoms in total. The molecule has 0 radical (unpaired) electrons. The van der Waals surface area contributed by atoms with E-state index in [2.05, 4.69) is 42.8 Å². The quantitative estimate of drug-likeness (QED) is 0.859. The molecule has 1 N–H and O–H groups in total. The standard InChI is InChI=1S/C16H21NO2/c1-12(2)10-17-11-13(6-5-9-16(18)19)14-7-3-4-8-15(14)17/h3-4,7-8,11-12H,5-6,9-10H2,1-2H3,(H,18,19). The largest absolute Gasteiger partial charge is 0.481 e. The zero-order valence-electron chi connectivity index (χ0n) is 11.6. The molecule has 1 aromatic carbocycles. The number of hydrogen-bond acceptors (Lipinski definition) is 1. The van der Waals surface area contributed by atoms with Crippen molar-refractivity contribution in [2.24, 2.45) is 5.92 Å². The summed E-state index contributed by atoms with van der Waals surface area (Å²) in [5.74, 6) is -0.117. The molecular formula is C16H21NO2. The first kappa shape index (κ1) is 13.7. The molecule has 0 aliphatic carbocycles. The molecule has 1 heterocycles. The van der Waals surface area contributed by atoms with Gasteiger partial charge in [0.05, 0.1) is 0 Å². The van der Waals surface area contributed by atoms with Gasteiger partial charge in [0.1, 0.15) is 0 Å². The summed E-state index contributed by atoms with van der Waals surface area (Å²) >= 11 is 0. The van der Waals surface area contributed by atoms with Gasteiger partial charge in [-0.1, -0.05) is 32.0 Å². The fourth-order valence-corrected chi connectivity index (χ4v) is 2.50. The molecule has 0 amide bonds. The van der Waals surface area contributed by atoms with E-state index in [1.54, 1.807) is 0 Å². The molecule has 0 unspecified atom stereocenters. The Morgan fingerprint density at radius 1 is 1.32 bits per heavy atom. The molecule has 0 spiro atoms. The average Bonchev–Trinajstić information content (AvgIpc) is 2.67. The van der Waals surface area contributed by atoms with Crippen molar-refractivity contribution in [3.8, 4) is 0 Å². The number of fused-ring (bicyclic) bond motifs is 1. The van der Waals surface area contributed by atoms with Gasteiger partial charge in [0.25, 0.3) is 0 Å². The number of carboxylic acids is 1. The molecule has 3 heteroatoms. The van der Waals surface area contributed by atoms with Crippen LogP contribution < -0.4 is 0 Å². The highest BCUT2D eigenvalue weighted by atomic mass is 16.4. The van der Waals surface area contributed by atoms with Crippen molar-refractivity contribution in [2.45, 2.75) is 39.7 Å². The van der Waals surface area contributed by atoms with Crippen molar-refractivity contribution in [1.82, 2.24) is 4.57 Å². The predicted octanol–water partition coefficient (Wildman–Crippen LogP) is 3.70. The molecule has 0 aliphatic heterocycles. The van der Waals surface area contributed by atoms with E-state index in [0.29, 0.717) is 12.3 Å². The van der Waals surface area contributed by atoms with Crippen LogP contribution in [-0.2, 0) is 17.8 Å². The van der Waals surface area contributed by atoms with Gasteiger partial charge < -0.3 is 9.67 Å². The topological polar surface area (TPSA) is 42.2 Å². The van der Waals surface area contributed by atoms with Crippen molar-refractivity contribution in [3.63, 3.8) is 0 Å². The number of carboxylic acid groups (broad SMARTS) is 1. The zero-order chi connectivity index (χ0) is 13.8. The van der Waals surface area contributed by atoms with E-state index in [1.165, 1.54) is 16.5 Å². The molecule has 102 valence electrons. The van der Waals surface area contributed by atoms with Crippen LogP contribution in [0.3, 0.4) is 0 Å². The van der Waals surface area contributed by atoms with Crippen LogP contribution in [0, 0.1) is 5.92 Å². The highest BCUT2D eigenvalue weighted by Gasteiger charge is 2.09. The third kappa shape index (κ3) is 3.37. The molecule has 0 aliphatic rings. The minimum atomic E-state index is -0.717. The lowest BCUT2D eigenvalue weighted by Crippen LogP contribution is -2.02. The molecule has 19 heavy (non-hydrogen) atoms. The lowest BCUT2D eigenvalue weighted by atomic mass is 10.1. The first-order valence-corrected chi connectivity index (χ1v) is 6.86. The molecular weight excluding hydrogens is 238 g/mol. The monoisotopic (exact) mass is 259 g/mol. The SMILES string of the molecule is CC(C)Cn1cc(CCCC(=O)O)c2ccccc21. The number of hydrogen-bond donors (Lipinski definition) is 1. The van der Waals surface area contributed by atoms with E-state index in [9.17, 15) is 4.79 Å². The van der Waals surface area contributed by atoms with Crippen LogP contribution >= 0.6 is 0 Å². The zero-order valence-corrected chi connectivity index (χ0v) is 11.6. The number of nitrogens with zero attached hydrogens (tertiary/aromatic N) is 1. The lowest BCUT2D eigenvalue weighted by Gasteiger charge is -2.07. The highest BCUT2D eigenvalue weighted by molar-refractivity contribution is 5.84. The second-order valence-electron chi connectivity index (χ2n) is 5.46. The summed E-state index contributed by atoms with van der Waals surface area (Å²) in [6.07, 6.45) is 3.96. The Balaban J connectivity index is 2.25. The van der Waals surface area contributed by atoms with E-state index >= 15 is 0 Å². The third-order valence-corrected chi connectivity index (χ3v) is 3.27. The van der Waals surface area contributed by atoms with Crippen LogP contribution in [0.4, 0.5) is 0 Å². The minimum absolute atomic E-state index is 0.240. The summed E-state index contributed by atoms with van der Waals surface area (Å²) in [4.78, 5) is 10.6. The lowest BCUT2D eigenvalue weighted by molar-refractivity contribution is -0.137. The molecule has 1 aromatic heterocycles. The molecule has 0 bridgehead atoms. The summed E-state index contributed by atoms with van der Waals surface area (Å²) in [5, 5.41) is 9.98. The van der Waals surface area contributed by atoms with Crippen LogP contribution in [0.1, 0.15) is 32.3 Å². The number of rotatable bonds is 6. The normalized spacial score (nSPS) is 11.3. The van der Waals surface area contributed by atoms with Gasteiger partial charge in [-0.25, -0.2) is 0 Å². The Kier molecular flexibility index (Phi) is 4.25. The van der Waals surface area contributed by atoms with Crippen LogP contribution in [0.5, 0.6) is 0 Å². The number of aromatic nitrogens is 1. The maximum Gasteiger partial charge on any atom is 0.303 e. The summed E-state index contributed by atoms with van der Waals surface area (Å²) in [6.45, 7) is 5.41. The molecule has 0 saturated carbocycles. The Morgan fingerprint density at radius 3 is 2.74 bits per heavy atom. The molecule has 2 rings (SSSR count). The Morgan fingerprint density at radius 2 is 2.05 bits per heavy atom. The van der Waals surface area contributed by atoms with Gasteiger partial charge in [0.2, 0.25) is 0 Å². The average molecular weight is 259 g/mol. The Hall–Kier alpha value is -1.77. The first-order valence-electron chi connectivity index (χ1n) is 6.86. The van der Waals surface area contributed by atoms with E-state index in [1.807, 2.05) is 6.07 Å². The summed E-state index contributed by atoms with van der Waals surface area (Å²) in [7, 11) is 0. The number of carbonyl (C=O) groups is 1. The molecule has 0 fully saturated rings. The van der Waals surface area contributed by atoms with Gasteiger partial charge in [0.15, 0.2) is 0 Å². The van der Waals surface area contributed by atoms with Crippen molar-refractivity contribution < 1.29 is 9.90 Å². The first-order chi connectivity index (χ1) is 9.08. The second-order valence-corrected chi connectivity index (χ2v) is 5.46.